The van der Waals surface area contributed by atoms with Crippen LogP contribution in [0.4, 0.5) is 0 Å². The summed E-state index contributed by atoms with van der Waals surface area (Å²) in [5.41, 5.74) is 0.552. The number of benzene rings is 1. The van der Waals surface area contributed by atoms with Crippen LogP contribution in [-0.2, 0) is 36.1 Å². The maximum absolute atomic E-state index is 11.2. The highest BCUT2D eigenvalue weighted by Crippen LogP contribution is 2.40. The molecule has 0 amide bonds. The van der Waals surface area contributed by atoms with Gasteiger partial charge >= 0.3 is 0 Å². The molecule has 2 unspecified atom stereocenters. The highest BCUT2D eigenvalue weighted by molar-refractivity contribution is 7.85. The van der Waals surface area contributed by atoms with Gasteiger partial charge in [-0.2, -0.15) is 13.5 Å². The van der Waals surface area contributed by atoms with Gasteiger partial charge in [-0.05, 0) is 12.1 Å². The minimum absolute atomic E-state index is 0.128. The Kier molecular flexibility index (Phi) is 5.33. The van der Waals surface area contributed by atoms with E-state index in [9.17, 15) is 8.42 Å². The second kappa shape index (κ2) is 7.18. The zero-order valence-corrected chi connectivity index (χ0v) is 15.5. The molecule has 0 radical (unpaired) electrons. The predicted molar refractivity (Wildman–Crippen MR) is 89.8 cm³/mol. The molecule has 2 atom stereocenters. The van der Waals surface area contributed by atoms with Crippen LogP contribution in [0, 0.1) is 0 Å². The molecular formula is C14H15Cl2N3O5S. The molecule has 2 heterocycles. The van der Waals surface area contributed by atoms with Gasteiger partial charge < -0.3 is 9.47 Å². The Morgan fingerprint density at radius 3 is 2.88 bits per heavy atom. The molecule has 1 aliphatic rings. The van der Waals surface area contributed by atoms with E-state index < -0.39 is 22.0 Å². The maximum atomic E-state index is 11.2. The number of aromatic nitrogens is 3. The summed E-state index contributed by atoms with van der Waals surface area (Å²) < 4.78 is 40.6. The number of halogens is 2. The Labute approximate surface area is 154 Å². The molecule has 0 bridgehead atoms. The average molecular weight is 408 g/mol. The van der Waals surface area contributed by atoms with Crippen LogP contribution in [0.3, 0.4) is 0 Å². The zero-order chi connectivity index (χ0) is 18.1. The second-order valence-corrected chi connectivity index (χ2v) is 8.00. The van der Waals surface area contributed by atoms with Crippen molar-refractivity contribution < 1.29 is 22.1 Å². The Balaban J connectivity index is 1.88. The van der Waals surface area contributed by atoms with E-state index in [1.165, 1.54) is 17.3 Å². The lowest BCUT2D eigenvalue weighted by Gasteiger charge is -2.29. The molecule has 25 heavy (non-hydrogen) atoms. The summed E-state index contributed by atoms with van der Waals surface area (Å²) in [5, 5.41) is 4.89. The first-order valence-corrected chi connectivity index (χ1v) is 9.79. The van der Waals surface area contributed by atoms with E-state index in [-0.39, 0.29) is 19.8 Å². The minimum atomic E-state index is -3.58. The van der Waals surface area contributed by atoms with Crippen LogP contribution in [0.5, 0.6) is 0 Å². The van der Waals surface area contributed by atoms with Crippen molar-refractivity contribution in [3.05, 3.63) is 46.5 Å². The van der Waals surface area contributed by atoms with E-state index in [1.807, 2.05) is 0 Å². The van der Waals surface area contributed by atoms with Crippen LogP contribution in [0.25, 0.3) is 0 Å². The van der Waals surface area contributed by atoms with Crippen LogP contribution in [0.1, 0.15) is 5.56 Å². The molecule has 1 saturated heterocycles. The largest absolute Gasteiger partial charge is 0.342 e. The first-order chi connectivity index (χ1) is 11.8. The monoisotopic (exact) mass is 407 g/mol. The van der Waals surface area contributed by atoms with Gasteiger partial charge in [0.05, 0.1) is 24.5 Å². The molecule has 1 aromatic carbocycles. The van der Waals surface area contributed by atoms with Crippen LogP contribution >= 0.6 is 23.2 Å². The van der Waals surface area contributed by atoms with Gasteiger partial charge in [0.2, 0.25) is 5.79 Å². The van der Waals surface area contributed by atoms with Crippen molar-refractivity contribution in [2.75, 3.05) is 19.5 Å². The Morgan fingerprint density at radius 1 is 1.44 bits per heavy atom. The molecule has 0 saturated carbocycles. The van der Waals surface area contributed by atoms with E-state index in [1.54, 1.807) is 18.2 Å². The lowest BCUT2D eigenvalue weighted by atomic mass is 10.1. The Bertz CT molecular complexity index is 846. The molecular weight excluding hydrogens is 393 g/mol. The van der Waals surface area contributed by atoms with Crippen LogP contribution in [-0.4, -0.2) is 48.8 Å². The van der Waals surface area contributed by atoms with E-state index >= 15 is 0 Å². The molecule has 2 aromatic rings. The zero-order valence-electron chi connectivity index (χ0n) is 13.1. The normalized spacial score (nSPS) is 23.9. The summed E-state index contributed by atoms with van der Waals surface area (Å²) in [6.07, 6.45) is 3.28. The van der Waals surface area contributed by atoms with Crippen molar-refractivity contribution in [1.29, 1.82) is 0 Å². The van der Waals surface area contributed by atoms with E-state index in [4.69, 9.17) is 36.9 Å². The van der Waals surface area contributed by atoms with Gasteiger partial charge in [0, 0.05) is 10.6 Å². The Morgan fingerprint density at radius 2 is 2.24 bits per heavy atom. The number of hydrogen-bond acceptors (Lipinski definition) is 7. The SMILES string of the molecule is CS(=O)(=O)OCC1COC(Cn2cncn2)(c2ccc(Cl)cc2Cl)O1. The summed E-state index contributed by atoms with van der Waals surface area (Å²) in [5.74, 6) is -1.26. The topological polar surface area (TPSA) is 92.5 Å². The summed E-state index contributed by atoms with van der Waals surface area (Å²) in [6.45, 7) is 0.135. The van der Waals surface area contributed by atoms with E-state index in [2.05, 4.69) is 10.1 Å². The number of ether oxygens (including phenoxy) is 2. The van der Waals surface area contributed by atoms with Crippen molar-refractivity contribution in [3.8, 4) is 0 Å². The Hall–Kier alpha value is -1.23. The van der Waals surface area contributed by atoms with Gasteiger partial charge in [-0.3, -0.25) is 4.18 Å². The molecule has 11 heteroatoms. The van der Waals surface area contributed by atoms with Gasteiger partial charge in [0.15, 0.2) is 0 Å². The van der Waals surface area contributed by atoms with Gasteiger partial charge in [0.1, 0.15) is 25.3 Å². The summed E-state index contributed by atoms with van der Waals surface area (Å²) in [7, 11) is -3.58. The summed E-state index contributed by atoms with van der Waals surface area (Å²) >= 11 is 12.3. The molecule has 8 nitrogen and oxygen atoms in total. The third-order valence-electron chi connectivity index (χ3n) is 3.51. The smallest absolute Gasteiger partial charge is 0.264 e. The number of nitrogens with zero attached hydrogens (tertiary/aromatic N) is 3. The van der Waals surface area contributed by atoms with Gasteiger partial charge in [-0.1, -0.05) is 29.3 Å². The number of rotatable bonds is 6. The molecule has 0 N–H and O–H groups in total. The molecule has 0 spiro atoms. The lowest BCUT2D eigenvalue weighted by molar-refractivity contribution is -0.190. The molecule has 136 valence electrons. The van der Waals surface area contributed by atoms with Gasteiger partial charge in [-0.25, -0.2) is 9.67 Å². The van der Waals surface area contributed by atoms with Crippen LogP contribution < -0.4 is 0 Å². The minimum Gasteiger partial charge on any atom is -0.342 e. The lowest BCUT2D eigenvalue weighted by Crippen LogP contribution is -2.35. The van der Waals surface area contributed by atoms with E-state index in [0.29, 0.717) is 15.6 Å². The predicted octanol–water partition coefficient (Wildman–Crippen LogP) is 1.83. The van der Waals surface area contributed by atoms with Crippen molar-refractivity contribution >= 4 is 33.3 Å². The maximum Gasteiger partial charge on any atom is 0.264 e. The fourth-order valence-electron chi connectivity index (χ4n) is 2.48. The molecule has 3 rings (SSSR count). The fourth-order valence-corrected chi connectivity index (χ4v) is 3.43. The van der Waals surface area contributed by atoms with Gasteiger partial charge in [0.25, 0.3) is 10.1 Å². The second-order valence-electron chi connectivity index (χ2n) is 5.51. The third kappa shape index (κ3) is 4.49. The van der Waals surface area contributed by atoms with Crippen LogP contribution in [0.15, 0.2) is 30.9 Å². The fraction of sp³-hybridized carbons (Fsp3) is 0.429. The van der Waals surface area contributed by atoms with Crippen LogP contribution in [0.2, 0.25) is 10.0 Å². The highest BCUT2D eigenvalue weighted by atomic mass is 35.5. The molecule has 1 fully saturated rings. The summed E-state index contributed by atoms with van der Waals surface area (Å²) in [6, 6.07) is 4.94. The van der Waals surface area contributed by atoms with Crippen molar-refractivity contribution in [2.24, 2.45) is 0 Å². The first kappa shape index (κ1) is 18.6. The molecule has 1 aliphatic heterocycles. The van der Waals surface area contributed by atoms with Crippen molar-refractivity contribution in [1.82, 2.24) is 14.8 Å². The summed E-state index contributed by atoms with van der Waals surface area (Å²) in [4.78, 5) is 3.90. The molecule has 1 aromatic heterocycles. The van der Waals surface area contributed by atoms with Gasteiger partial charge in [-0.15, -0.1) is 0 Å². The standard InChI is InChI=1S/C14H15Cl2N3O5S/c1-25(20,21)23-6-11-5-22-14(24-11,7-19-9-17-8-18-19)12-3-2-10(15)4-13(12)16/h2-4,8-9,11H,5-7H2,1H3. The van der Waals surface area contributed by atoms with Crippen molar-refractivity contribution in [3.63, 3.8) is 0 Å². The highest BCUT2D eigenvalue weighted by Gasteiger charge is 2.45. The van der Waals surface area contributed by atoms with E-state index in [0.717, 1.165) is 6.26 Å². The first-order valence-electron chi connectivity index (χ1n) is 7.21. The number of hydrogen-bond donors (Lipinski definition) is 0. The third-order valence-corrected chi connectivity index (χ3v) is 4.62. The van der Waals surface area contributed by atoms with Crippen molar-refractivity contribution in [2.45, 2.75) is 18.4 Å². The average Bonchev–Trinajstić information content (AvgIpc) is 3.15. The molecule has 0 aliphatic carbocycles. The quantitative estimate of drug-likeness (QED) is 0.674.